The summed E-state index contributed by atoms with van der Waals surface area (Å²) in [7, 11) is 0. The molecule has 0 N–H and O–H groups in total. The van der Waals surface area contributed by atoms with E-state index in [1.807, 2.05) is 42.5 Å². The Labute approximate surface area is 116 Å². The highest BCUT2D eigenvalue weighted by Gasteiger charge is 2.13. The van der Waals surface area contributed by atoms with Gasteiger partial charge < -0.3 is 0 Å². The Morgan fingerprint density at radius 2 is 1.74 bits per heavy atom. The summed E-state index contributed by atoms with van der Waals surface area (Å²) in [6.45, 7) is 0.573. The summed E-state index contributed by atoms with van der Waals surface area (Å²) < 4.78 is 0. The van der Waals surface area contributed by atoms with Crippen molar-refractivity contribution in [3.63, 3.8) is 0 Å². The molecule has 3 rings (SSSR count). The largest absolute Gasteiger partial charge is 0.294 e. The maximum atomic E-state index is 11.9. The number of halogens is 1. The van der Waals surface area contributed by atoms with Gasteiger partial charge in [-0.15, -0.1) is 0 Å². The number of Topliss-reactive ketones (excluding diaryl/α,β-unsaturated/α-hetero) is 1. The van der Waals surface area contributed by atoms with Gasteiger partial charge in [-0.3, -0.25) is 9.79 Å². The summed E-state index contributed by atoms with van der Waals surface area (Å²) in [6, 6.07) is 13.5. The Bertz CT molecular complexity index is 659. The Morgan fingerprint density at radius 1 is 1.00 bits per heavy atom. The first-order chi connectivity index (χ1) is 9.24. The molecule has 94 valence electrons. The van der Waals surface area contributed by atoms with Crippen molar-refractivity contribution in [1.29, 1.82) is 0 Å². The molecule has 19 heavy (non-hydrogen) atoms. The van der Waals surface area contributed by atoms with Crippen molar-refractivity contribution in [3.8, 4) is 11.1 Å². The second kappa shape index (κ2) is 4.98. The molecule has 0 aliphatic carbocycles. The lowest BCUT2D eigenvalue weighted by Crippen LogP contribution is -2.01. The van der Waals surface area contributed by atoms with Crippen LogP contribution in [0.1, 0.15) is 22.3 Å². The molecule has 0 unspecified atom stereocenters. The number of aliphatic imine (C=N–C) groups is 1. The smallest absolute Gasteiger partial charge is 0.165 e. The molecule has 2 aromatic rings. The number of hydrogen-bond acceptors (Lipinski definition) is 2. The van der Waals surface area contributed by atoms with E-state index in [0.717, 1.165) is 27.3 Å². The van der Waals surface area contributed by atoms with E-state index in [1.54, 1.807) is 6.21 Å². The summed E-state index contributed by atoms with van der Waals surface area (Å²) in [5.41, 5.74) is 3.81. The van der Waals surface area contributed by atoms with Crippen molar-refractivity contribution in [2.45, 2.75) is 6.42 Å². The molecule has 0 saturated carbocycles. The Morgan fingerprint density at radius 3 is 2.53 bits per heavy atom. The van der Waals surface area contributed by atoms with Gasteiger partial charge in [0.2, 0.25) is 0 Å². The average molecular weight is 270 g/mol. The number of nitrogens with zero attached hydrogens (tertiary/aromatic N) is 1. The second-order valence-corrected chi connectivity index (χ2v) is 4.95. The Balaban J connectivity index is 2.07. The van der Waals surface area contributed by atoms with Crippen molar-refractivity contribution in [3.05, 3.63) is 58.6 Å². The maximum absolute atomic E-state index is 11.9. The van der Waals surface area contributed by atoms with Crippen LogP contribution in [0.2, 0.25) is 5.02 Å². The number of carbonyl (C=O) groups is 1. The van der Waals surface area contributed by atoms with Gasteiger partial charge in [0.05, 0.1) is 0 Å². The van der Waals surface area contributed by atoms with Crippen molar-refractivity contribution in [2.24, 2.45) is 4.99 Å². The predicted molar refractivity (Wildman–Crippen MR) is 78.3 cm³/mol. The number of benzene rings is 2. The van der Waals surface area contributed by atoms with Gasteiger partial charge in [0.1, 0.15) is 0 Å². The van der Waals surface area contributed by atoms with E-state index in [-0.39, 0.29) is 5.78 Å². The van der Waals surface area contributed by atoms with Crippen LogP contribution in [0.5, 0.6) is 0 Å². The molecular formula is C16H12ClNO. The number of rotatable bonds is 1. The zero-order chi connectivity index (χ0) is 13.2. The molecule has 2 nitrogen and oxygen atoms in total. The van der Waals surface area contributed by atoms with Crippen LogP contribution in [0.3, 0.4) is 0 Å². The molecule has 3 heteroatoms. The Hall–Kier alpha value is -1.93. The highest BCUT2D eigenvalue weighted by Crippen LogP contribution is 2.25. The van der Waals surface area contributed by atoms with E-state index in [2.05, 4.69) is 4.99 Å². The number of fused-ring (bicyclic) bond motifs is 1. The zero-order valence-corrected chi connectivity index (χ0v) is 11.0. The normalized spacial score (nSPS) is 14.1. The standard InChI is InChI=1S/C16H12ClNO/c17-14-4-1-11(2-5-14)12-3-6-15-13(9-12)10-18-8-7-16(15)19/h1-6,9-10H,7-8H2. The maximum Gasteiger partial charge on any atom is 0.165 e. The van der Waals surface area contributed by atoms with Gasteiger partial charge in [-0.2, -0.15) is 0 Å². The third-order valence-electron chi connectivity index (χ3n) is 3.23. The molecule has 1 aliphatic heterocycles. The van der Waals surface area contributed by atoms with Gasteiger partial charge >= 0.3 is 0 Å². The number of hydrogen-bond donors (Lipinski definition) is 0. The minimum Gasteiger partial charge on any atom is -0.294 e. The summed E-state index contributed by atoms with van der Waals surface area (Å²) in [5, 5.41) is 0.718. The molecule has 0 spiro atoms. The van der Waals surface area contributed by atoms with Gasteiger partial charge in [0, 0.05) is 35.3 Å². The average Bonchev–Trinajstić information content (AvgIpc) is 2.61. The first-order valence-corrected chi connectivity index (χ1v) is 6.55. The van der Waals surface area contributed by atoms with Gasteiger partial charge in [0.25, 0.3) is 0 Å². The lowest BCUT2D eigenvalue weighted by Gasteiger charge is -2.06. The van der Waals surface area contributed by atoms with Crippen molar-refractivity contribution < 1.29 is 4.79 Å². The minimum absolute atomic E-state index is 0.162. The number of ketones is 1. The van der Waals surface area contributed by atoms with Crippen LogP contribution < -0.4 is 0 Å². The molecule has 0 saturated heterocycles. The van der Waals surface area contributed by atoms with Crippen molar-refractivity contribution in [1.82, 2.24) is 0 Å². The lowest BCUT2D eigenvalue weighted by atomic mass is 9.97. The molecule has 0 atom stereocenters. The van der Waals surface area contributed by atoms with E-state index in [0.29, 0.717) is 13.0 Å². The van der Waals surface area contributed by atoms with Gasteiger partial charge in [-0.1, -0.05) is 35.9 Å². The van der Waals surface area contributed by atoms with Crippen LogP contribution in [0.4, 0.5) is 0 Å². The van der Waals surface area contributed by atoms with Crippen molar-refractivity contribution in [2.75, 3.05) is 6.54 Å². The van der Waals surface area contributed by atoms with E-state index in [9.17, 15) is 4.79 Å². The third kappa shape index (κ3) is 2.45. The fourth-order valence-electron chi connectivity index (χ4n) is 2.21. The van der Waals surface area contributed by atoms with Crippen LogP contribution >= 0.6 is 11.6 Å². The van der Waals surface area contributed by atoms with Gasteiger partial charge in [0.15, 0.2) is 5.78 Å². The first kappa shape index (κ1) is 12.1. The summed E-state index contributed by atoms with van der Waals surface area (Å²) in [5.74, 6) is 0.162. The zero-order valence-electron chi connectivity index (χ0n) is 10.3. The fraction of sp³-hybridized carbons (Fsp3) is 0.125. The third-order valence-corrected chi connectivity index (χ3v) is 3.48. The summed E-state index contributed by atoms with van der Waals surface area (Å²) in [6.07, 6.45) is 2.28. The minimum atomic E-state index is 0.162. The van der Waals surface area contributed by atoms with E-state index in [4.69, 9.17) is 11.6 Å². The topological polar surface area (TPSA) is 29.4 Å². The molecular weight excluding hydrogens is 258 g/mol. The van der Waals surface area contributed by atoms with Crippen LogP contribution in [-0.4, -0.2) is 18.5 Å². The van der Waals surface area contributed by atoms with Gasteiger partial charge in [-0.25, -0.2) is 0 Å². The molecule has 2 aromatic carbocycles. The van der Waals surface area contributed by atoms with E-state index >= 15 is 0 Å². The van der Waals surface area contributed by atoms with Gasteiger partial charge in [-0.05, 0) is 29.3 Å². The molecule has 0 amide bonds. The molecule has 1 heterocycles. The van der Waals surface area contributed by atoms with E-state index < -0.39 is 0 Å². The lowest BCUT2D eigenvalue weighted by molar-refractivity contribution is 0.0986. The van der Waals surface area contributed by atoms with Crippen LogP contribution in [0, 0.1) is 0 Å². The van der Waals surface area contributed by atoms with E-state index in [1.165, 1.54) is 0 Å². The second-order valence-electron chi connectivity index (χ2n) is 4.52. The molecule has 0 fully saturated rings. The van der Waals surface area contributed by atoms with Crippen LogP contribution in [-0.2, 0) is 0 Å². The summed E-state index contributed by atoms with van der Waals surface area (Å²) in [4.78, 5) is 16.1. The molecule has 0 bridgehead atoms. The SMILES string of the molecule is O=C1CCN=Cc2cc(-c3ccc(Cl)cc3)ccc21. The number of carbonyl (C=O) groups excluding carboxylic acids is 1. The monoisotopic (exact) mass is 269 g/mol. The Kier molecular flexibility index (Phi) is 3.18. The molecule has 0 aromatic heterocycles. The highest BCUT2D eigenvalue weighted by molar-refractivity contribution is 6.30. The predicted octanol–water partition coefficient (Wildman–Crippen LogP) is 4.01. The van der Waals surface area contributed by atoms with Crippen molar-refractivity contribution >= 4 is 23.6 Å². The molecule has 1 aliphatic rings. The van der Waals surface area contributed by atoms with Crippen LogP contribution in [0.25, 0.3) is 11.1 Å². The molecule has 0 radical (unpaired) electrons. The van der Waals surface area contributed by atoms with Crippen LogP contribution in [0.15, 0.2) is 47.5 Å². The quantitative estimate of drug-likeness (QED) is 0.769. The summed E-state index contributed by atoms with van der Waals surface area (Å²) >= 11 is 5.89. The fourth-order valence-corrected chi connectivity index (χ4v) is 2.34. The first-order valence-electron chi connectivity index (χ1n) is 6.17. The highest BCUT2D eigenvalue weighted by atomic mass is 35.5.